The van der Waals surface area contributed by atoms with Crippen molar-refractivity contribution < 1.29 is 13.7 Å². The lowest BCUT2D eigenvalue weighted by molar-refractivity contribution is 0.0321. The molecule has 1 rings (SSSR count). The van der Waals surface area contributed by atoms with Crippen molar-refractivity contribution in [2.75, 3.05) is 13.2 Å². The van der Waals surface area contributed by atoms with Gasteiger partial charge in [0.1, 0.15) is 4.75 Å². The second-order valence-corrected chi connectivity index (χ2v) is 16.5. The summed E-state index contributed by atoms with van der Waals surface area (Å²) >= 11 is -1.21. The van der Waals surface area contributed by atoms with E-state index in [9.17, 15) is 4.55 Å². The lowest BCUT2D eigenvalue weighted by Crippen LogP contribution is -2.56. The summed E-state index contributed by atoms with van der Waals surface area (Å²) < 4.78 is 28.4. The molecule has 7 heteroatoms. The molecule has 5 nitrogen and oxygen atoms in total. The second-order valence-electron chi connectivity index (χ2n) is 9.71. The molecule has 0 radical (unpaired) electrons. The molecule has 0 fully saturated rings. The van der Waals surface area contributed by atoms with E-state index in [-0.39, 0.29) is 21.9 Å². The molecular weight excluding hydrogens is 388 g/mol. The fourth-order valence-electron chi connectivity index (χ4n) is 2.33. The smallest absolute Gasteiger partial charge is 0.192 e. The van der Waals surface area contributed by atoms with Crippen LogP contribution in [0.3, 0.4) is 0 Å². The van der Waals surface area contributed by atoms with Gasteiger partial charge in [0, 0.05) is 36.3 Å². The van der Waals surface area contributed by atoms with Crippen LogP contribution in [0.25, 0.3) is 0 Å². The highest BCUT2D eigenvalue weighted by Gasteiger charge is 2.42. The molecule has 0 aromatic carbocycles. The predicted molar refractivity (Wildman–Crippen MR) is 121 cm³/mol. The fraction of sp³-hybridized carbons (Fsp3) is 0.762. The number of pyridine rings is 1. The Morgan fingerprint density at radius 2 is 1.82 bits per heavy atom. The Kier molecular flexibility index (Phi) is 9.64. The molecule has 1 unspecified atom stereocenters. The maximum absolute atomic E-state index is 12.9. The van der Waals surface area contributed by atoms with Crippen LogP contribution in [0.15, 0.2) is 24.4 Å². The zero-order valence-electron chi connectivity index (χ0n) is 19.2. The first-order valence-electron chi connectivity index (χ1n) is 10.1. The van der Waals surface area contributed by atoms with Crippen molar-refractivity contribution >= 4 is 19.7 Å². The van der Waals surface area contributed by atoms with Crippen molar-refractivity contribution in [3.8, 4) is 0 Å². The van der Waals surface area contributed by atoms with Gasteiger partial charge < -0.3 is 13.7 Å². The normalized spacial score (nSPS) is 16.6. The molecule has 0 bridgehead atoms. The van der Waals surface area contributed by atoms with Crippen molar-refractivity contribution in [3.05, 3.63) is 30.1 Å². The number of nitrogens with zero attached hydrogens (tertiary/aromatic N) is 1. The summed E-state index contributed by atoms with van der Waals surface area (Å²) in [6, 6.07) is 5.73. The van der Waals surface area contributed by atoms with E-state index in [0.717, 1.165) is 5.69 Å². The maximum atomic E-state index is 12.9. The van der Waals surface area contributed by atoms with E-state index < -0.39 is 19.7 Å². The Bertz CT molecular complexity index is 573. The van der Waals surface area contributed by atoms with Crippen molar-refractivity contribution in [2.45, 2.75) is 89.9 Å². The van der Waals surface area contributed by atoms with E-state index >= 15 is 0 Å². The third kappa shape index (κ3) is 8.12. The van der Waals surface area contributed by atoms with Gasteiger partial charge in [-0.15, -0.1) is 4.72 Å². The molecular formula is C21H40N2O3SSi. The number of hydrogen-bond acceptors (Lipinski definition) is 5. The van der Waals surface area contributed by atoms with E-state index in [2.05, 4.69) is 43.6 Å². The molecule has 0 spiro atoms. The molecule has 1 aromatic heterocycles. The molecule has 1 N–H and O–H groups in total. The minimum atomic E-state index is -2.03. The largest absolute Gasteiger partial charge is 0.598 e. The molecule has 3 atom stereocenters. The van der Waals surface area contributed by atoms with E-state index in [4.69, 9.17) is 9.16 Å². The zero-order valence-corrected chi connectivity index (χ0v) is 21.0. The van der Waals surface area contributed by atoms with Crippen LogP contribution in [-0.2, 0) is 26.9 Å². The molecule has 28 heavy (non-hydrogen) atoms. The van der Waals surface area contributed by atoms with Crippen LogP contribution in [0, 0.1) is 0 Å². The number of rotatable bonds is 10. The van der Waals surface area contributed by atoms with Gasteiger partial charge in [-0.25, -0.2) is 0 Å². The minimum Gasteiger partial charge on any atom is -0.598 e. The standard InChI is InChI=1S/C21H40N2O3SSi/c1-10-25-16-19(26-28(8,9)21(5,6)7)18(23-27(24)20(2,3)4)15-17-13-11-12-14-22-17/h11-14,18-19,23H,10,15-16H2,1-9H3/t18-,19-,27?/m1/s1. The fourth-order valence-corrected chi connectivity index (χ4v) is 4.54. The molecule has 1 heterocycles. The average Bonchev–Trinajstić information content (AvgIpc) is 2.57. The molecule has 0 saturated carbocycles. The van der Waals surface area contributed by atoms with E-state index in [1.54, 1.807) is 6.20 Å². The highest BCUT2D eigenvalue weighted by molar-refractivity contribution is 7.90. The Morgan fingerprint density at radius 1 is 1.18 bits per heavy atom. The van der Waals surface area contributed by atoms with Gasteiger partial charge in [-0.3, -0.25) is 4.98 Å². The maximum Gasteiger partial charge on any atom is 0.192 e. The van der Waals surface area contributed by atoms with Crippen molar-refractivity contribution in [3.63, 3.8) is 0 Å². The van der Waals surface area contributed by atoms with Gasteiger partial charge in [0.05, 0.1) is 18.8 Å². The van der Waals surface area contributed by atoms with Gasteiger partial charge in [0.15, 0.2) is 8.32 Å². The average molecular weight is 429 g/mol. The number of nitrogens with one attached hydrogen (secondary N) is 1. The monoisotopic (exact) mass is 428 g/mol. The van der Waals surface area contributed by atoms with Crippen LogP contribution in [-0.4, -0.2) is 48.0 Å². The molecule has 162 valence electrons. The number of ether oxygens (including phenoxy) is 1. The Balaban J connectivity index is 3.16. The molecule has 1 aromatic rings. The topological polar surface area (TPSA) is 66.4 Å². The number of hydrogen-bond donors (Lipinski definition) is 1. The van der Waals surface area contributed by atoms with E-state index in [1.165, 1.54) is 0 Å². The van der Waals surface area contributed by atoms with E-state index in [1.807, 2.05) is 45.9 Å². The summed E-state index contributed by atoms with van der Waals surface area (Å²) in [5, 5.41) is 0.0796. The van der Waals surface area contributed by atoms with Gasteiger partial charge in [0.2, 0.25) is 0 Å². The minimum absolute atomic E-state index is 0.0796. The van der Waals surface area contributed by atoms with Gasteiger partial charge in [-0.1, -0.05) is 26.8 Å². The van der Waals surface area contributed by atoms with Crippen LogP contribution < -0.4 is 4.72 Å². The zero-order chi connectivity index (χ0) is 21.6. The van der Waals surface area contributed by atoms with Crippen molar-refractivity contribution in [2.24, 2.45) is 0 Å². The quantitative estimate of drug-likeness (QED) is 0.440. The molecule has 0 saturated heterocycles. The molecule has 0 aliphatic heterocycles. The van der Waals surface area contributed by atoms with E-state index in [0.29, 0.717) is 19.6 Å². The summed E-state index contributed by atoms with van der Waals surface area (Å²) in [6.45, 7) is 20.2. The Hall–Kier alpha value is -0.443. The van der Waals surface area contributed by atoms with Gasteiger partial charge in [-0.05, 0) is 58.0 Å². The summed E-state index contributed by atoms with van der Waals surface area (Å²) in [7, 11) is -2.03. The molecule has 0 amide bonds. The Morgan fingerprint density at radius 3 is 2.29 bits per heavy atom. The van der Waals surface area contributed by atoms with Crippen molar-refractivity contribution in [1.29, 1.82) is 0 Å². The number of aromatic nitrogens is 1. The molecule has 0 aliphatic rings. The third-order valence-electron chi connectivity index (χ3n) is 5.16. The second kappa shape index (κ2) is 10.5. The van der Waals surface area contributed by atoms with Gasteiger partial charge in [0.25, 0.3) is 0 Å². The Labute approximate surface area is 176 Å². The summed E-state index contributed by atoms with van der Waals surface area (Å²) in [5.74, 6) is 0. The first kappa shape index (κ1) is 25.6. The summed E-state index contributed by atoms with van der Waals surface area (Å²) in [5.41, 5.74) is 0.950. The van der Waals surface area contributed by atoms with Crippen LogP contribution in [0.4, 0.5) is 0 Å². The first-order chi connectivity index (χ1) is 12.8. The first-order valence-corrected chi connectivity index (χ1v) is 14.2. The van der Waals surface area contributed by atoms with Crippen LogP contribution >= 0.6 is 0 Å². The van der Waals surface area contributed by atoms with Crippen molar-refractivity contribution in [1.82, 2.24) is 9.71 Å². The lowest BCUT2D eigenvalue weighted by Gasteiger charge is -2.41. The van der Waals surface area contributed by atoms with Crippen LogP contribution in [0.2, 0.25) is 18.1 Å². The molecule has 0 aliphatic carbocycles. The van der Waals surface area contributed by atoms with Crippen LogP contribution in [0.5, 0.6) is 0 Å². The van der Waals surface area contributed by atoms with Gasteiger partial charge >= 0.3 is 0 Å². The van der Waals surface area contributed by atoms with Gasteiger partial charge in [-0.2, -0.15) is 0 Å². The van der Waals surface area contributed by atoms with Crippen LogP contribution in [0.1, 0.15) is 54.2 Å². The predicted octanol–water partition coefficient (Wildman–Crippen LogP) is 4.47. The summed E-state index contributed by atoms with van der Waals surface area (Å²) in [6.07, 6.45) is 2.23. The third-order valence-corrected chi connectivity index (χ3v) is 11.3. The highest BCUT2D eigenvalue weighted by atomic mass is 32.2. The SMILES string of the molecule is CCOC[C@@H](O[Si](C)(C)C(C)(C)C)[C@@H](Cc1ccccn1)N[S+]([O-])C(C)(C)C. The summed E-state index contributed by atoms with van der Waals surface area (Å²) in [4.78, 5) is 4.47. The lowest BCUT2D eigenvalue weighted by atomic mass is 10.1. The highest BCUT2D eigenvalue weighted by Crippen LogP contribution is 2.38.